The minimum Gasteiger partial charge on any atom is -0.383 e. The van der Waals surface area contributed by atoms with Crippen LogP contribution in [-0.2, 0) is 12.8 Å². The van der Waals surface area contributed by atoms with E-state index in [0.717, 1.165) is 17.7 Å². The van der Waals surface area contributed by atoms with Crippen molar-refractivity contribution in [2.24, 2.45) is 5.92 Å². The molecule has 1 aromatic heterocycles. The largest absolute Gasteiger partial charge is 0.383 e. The third-order valence-electron chi connectivity index (χ3n) is 4.24. The van der Waals surface area contributed by atoms with Crippen LogP contribution in [0.25, 0.3) is 0 Å². The maximum Gasteiger partial charge on any atom is 0.313 e. The molecule has 134 valence electrons. The van der Waals surface area contributed by atoms with Gasteiger partial charge in [0.15, 0.2) is 0 Å². The van der Waals surface area contributed by atoms with Gasteiger partial charge in [0, 0.05) is 18.9 Å². The molecule has 1 fully saturated rings. The quantitative estimate of drug-likeness (QED) is 0.578. The zero-order chi connectivity index (χ0) is 17.8. The third-order valence-corrected chi connectivity index (χ3v) is 4.89. The molecule has 0 saturated heterocycles. The summed E-state index contributed by atoms with van der Waals surface area (Å²) < 4.78 is 25.4. The molecule has 1 aliphatic carbocycles. The number of rotatable bonds is 8. The summed E-state index contributed by atoms with van der Waals surface area (Å²) in [6.45, 7) is -1.79. The van der Waals surface area contributed by atoms with Gasteiger partial charge in [0.2, 0.25) is 0 Å². The topological polar surface area (TPSA) is 37.0 Å². The van der Waals surface area contributed by atoms with E-state index in [4.69, 9.17) is 23.2 Å². The number of hydrogen-bond acceptors (Lipinski definition) is 3. The van der Waals surface area contributed by atoms with Gasteiger partial charge in [0.25, 0.3) is 0 Å². The first-order chi connectivity index (χ1) is 12.0. The fourth-order valence-corrected chi connectivity index (χ4v) is 3.21. The summed E-state index contributed by atoms with van der Waals surface area (Å²) in [7, 11) is 0. The van der Waals surface area contributed by atoms with Crippen LogP contribution in [0.2, 0.25) is 10.0 Å². The lowest BCUT2D eigenvalue weighted by molar-refractivity contribution is 0.181. The Bertz CT molecular complexity index is 716. The highest BCUT2D eigenvalue weighted by Crippen LogP contribution is 2.32. The van der Waals surface area contributed by atoms with E-state index in [9.17, 15) is 8.78 Å². The van der Waals surface area contributed by atoms with Crippen LogP contribution in [0.15, 0.2) is 30.6 Å². The van der Waals surface area contributed by atoms with Gasteiger partial charge in [-0.15, -0.1) is 0 Å². The normalized spacial score (nSPS) is 14.0. The van der Waals surface area contributed by atoms with Gasteiger partial charge in [-0.25, -0.2) is 0 Å². The molecule has 0 amide bonds. The smallest absolute Gasteiger partial charge is 0.313 e. The van der Waals surface area contributed by atoms with Crippen molar-refractivity contribution in [2.75, 3.05) is 17.2 Å². The number of anilines is 2. The van der Waals surface area contributed by atoms with E-state index < -0.39 is 6.55 Å². The third kappa shape index (κ3) is 5.19. The van der Waals surface area contributed by atoms with Crippen molar-refractivity contribution in [3.8, 4) is 0 Å². The van der Waals surface area contributed by atoms with Crippen LogP contribution in [0.1, 0.15) is 24.0 Å². The molecule has 1 heterocycles. The molecule has 0 bridgehead atoms. The number of aromatic nitrogens is 1. The lowest BCUT2D eigenvalue weighted by atomic mass is 10.0. The van der Waals surface area contributed by atoms with Gasteiger partial charge < -0.3 is 10.6 Å². The van der Waals surface area contributed by atoms with Crippen molar-refractivity contribution in [2.45, 2.75) is 32.2 Å². The summed E-state index contributed by atoms with van der Waals surface area (Å²) in [4.78, 5) is 3.95. The van der Waals surface area contributed by atoms with E-state index in [1.54, 1.807) is 18.5 Å². The first kappa shape index (κ1) is 18.2. The number of halogens is 4. The van der Waals surface area contributed by atoms with E-state index >= 15 is 0 Å². The number of benzene rings is 1. The van der Waals surface area contributed by atoms with Crippen molar-refractivity contribution in [1.82, 2.24) is 4.98 Å². The standard InChI is InChI=1S/C18H19Cl2F2N3/c19-14-9-23-10-15(20)13(14)5-3-11-4-6-16(25-18(21)22)17(7-11)24-8-12-1-2-12/h4,6-7,9-10,12,18,24-25H,1-3,5,8H2. The summed E-state index contributed by atoms with van der Waals surface area (Å²) in [5.41, 5.74) is 3.00. The molecule has 1 aliphatic rings. The SMILES string of the molecule is FC(F)Nc1ccc(CCc2c(Cl)cncc2Cl)cc1NCC1CC1. The second-order valence-electron chi connectivity index (χ2n) is 6.23. The average Bonchev–Trinajstić information content (AvgIpc) is 3.38. The lowest BCUT2D eigenvalue weighted by Crippen LogP contribution is -2.11. The maximum atomic E-state index is 12.7. The van der Waals surface area contributed by atoms with Crippen LogP contribution < -0.4 is 10.6 Å². The molecule has 0 unspecified atom stereocenters. The first-order valence-electron chi connectivity index (χ1n) is 8.22. The van der Waals surface area contributed by atoms with Crippen molar-refractivity contribution >= 4 is 34.6 Å². The molecule has 1 aromatic carbocycles. The van der Waals surface area contributed by atoms with Crippen LogP contribution in [0.3, 0.4) is 0 Å². The Kier molecular flexibility index (Phi) is 5.97. The Morgan fingerprint density at radius 2 is 1.80 bits per heavy atom. The highest BCUT2D eigenvalue weighted by Gasteiger charge is 2.21. The van der Waals surface area contributed by atoms with Crippen LogP contribution in [0.4, 0.5) is 20.2 Å². The van der Waals surface area contributed by atoms with Crippen molar-refractivity contribution < 1.29 is 8.78 Å². The minimum absolute atomic E-state index is 0.416. The van der Waals surface area contributed by atoms with Gasteiger partial charge in [-0.3, -0.25) is 4.98 Å². The van der Waals surface area contributed by atoms with Crippen molar-refractivity contribution in [3.05, 3.63) is 51.8 Å². The molecule has 1 saturated carbocycles. The maximum absolute atomic E-state index is 12.7. The highest BCUT2D eigenvalue weighted by atomic mass is 35.5. The number of aryl methyl sites for hydroxylation is 1. The van der Waals surface area contributed by atoms with Crippen LogP contribution in [0, 0.1) is 5.92 Å². The summed E-state index contributed by atoms with van der Waals surface area (Å²) in [5.74, 6) is 0.650. The fourth-order valence-electron chi connectivity index (χ4n) is 2.66. The zero-order valence-electron chi connectivity index (χ0n) is 13.5. The van der Waals surface area contributed by atoms with Crippen LogP contribution in [0.5, 0.6) is 0 Å². The lowest BCUT2D eigenvalue weighted by Gasteiger charge is -2.15. The molecular weight excluding hydrogens is 367 g/mol. The minimum atomic E-state index is -2.60. The van der Waals surface area contributed by atoms with Crippen molar-refractivity contribution in [3.63, 3.8) is 0 Å². The second-order valence-corrected chi connectivity index (χ2v) is 7.05. The number of hydrogen-bond donors (Lipinski definition) is 2. The van der Waals surface area contributed by atoms with E-state index in [1.807, 2.05) is 12.1 Å². The van der Waals surface area contributed by atoms with E-state index in [0.29, 0.717) is 40.2 Å². The number of pyridine rings is 1. The van der Waals surface area contributed by atoms with Gasteiger partial charge in [-0.1, -0.05) is 29.3 Å². The van der Waals surface area contributed by atoms with Gasteiger partial charge in [-0.2, -0.15) is 8.78 Å². The fraction of sp³-hybridized carbons (Fsp3) is 0.389. The van der Waals surface area contributed by atoms with E-state index in [1.165, 1.54) is 12.8 Å². The molecule has 2 N–H and O–H groups in total. The molecular formula is C18H19Cl2F2N3. The molecule has 25 heavy (non-hydrogen) atoms. The molecule has 0 aliphatic heterocycles. The Balaban J connectivity index is 1.73. The van der Waals surface area contributed by atoms with Crippen LogP contribution in [-0.4, -0.2) is 18.1 Å². The number of nitrogens with zero attached hydrogens (tertiary/aromatic N) is 1. The predicted octanol–water partition coefficient (Wildman–Crippen LogP) is 5.63. The van der Waals surface area contributed by atoms with E-state index in [2.05, 4.69) is 15.6 Å². The predicted molar refractivity (Wildman–Crippen MR) is 98.9 cm³/mol. The monoisotopic (exact) mass is 385 g/mol. The molecule has 3 rings (SSSR count). The first-order valence-corrected chi connectivity index (χ1v) is 8.98. The van der Waals surface area contributed by atoms with Crippen LogP contribution >= 0.6 is 23.2 Å². The summed E-state index contributed by atoms with van der Waals surface area (Å²) in [6, 6.07) is 5.44. The average molecular weight is 386 g/mol. The summed E-state index contributed by atoms with van der Waals surface area (Å²) >= 11 is 12.3. The molecule has 2 aromatic rings. The molecule has 0 radical (unpaired) electrons. The number of alkyl halides is 2. The summed E-state index contributed by atoms with van der Waals surface area (Å²) in [5, 5.41) is 6.55. The second kappa shape index (κ2) is 8.19. The van der Waals surface area contributed by atoms with Crippen molar-refractivity contribution in [1.29, 1.82) is 0 Å². The Morgan fingerprint density at radius 3 is 2.44 bits per heavy atom. The highest BCUT2D eigenvalue weighted by molar-refractivity contribution is 6.35. The Hall–Kier alpha value is -1.59. The number of nitrogens with one attached hydrogen (secondary N) is 2. The zero-order valence-corrected chi connectivity index (χ0v) is 15.0. The summed E-state index contributed by atoms with van der Waals surface area (Å²) in [6.07, 6.45) is 6.90. The van der Waals surface area contributed by atoms with E-state index in [-0.39, 0.29) is 0 Å². The van der Waals surface area contributed by atoms with Gasteiger partial charge >= 0.3 is 6.55 Å². The molecule has 0 spiro atoms. The van der Waals surface area contributed by atoms with Gasteiger partial charge in [0.05, 0.1) is 21.4 Å². The molecule has 7 heteroatoms. The Labute approximate surface area is 155 Å². The Morgan fingerprint density at radius 1 is 1.08 bits per heavy atom. The molecule has 0 atom stereocenters. The van der Waals surface area contributed by atoms with Gasteiger partial charge in [-0.05, 0) is 54.9 Å². The van der Waals surface area contributed by atoms with Gasteiger partial charge in [0.1, 0.15) is 0 Å². The molecule has 3 nitrogen and oxygen atoms in total.